The van der Waals surface area contributed by atoms with E-state index in [4.69, 9.17) is 10.2 Å². The fraction of sp³-hybridized carbons (Fsp3) is 0.200. The van der Waals surface area contributed by atoms with Crippen molar-refractivity contribution in [3.05, 3.63) is 8.96 Å². The number of halogens is 2. The third-order valence-corrected chi connectivity index (χ3v) is 1.77. The molecule has 0 unspecified atom stereocenters. The second-order valence-corrected chi connectivity index (χ2v) is 4.26. The summed E-state index contributed by atoms with van der Waals surface area (Å²) in [5.41, 5.74) is -0.211. The summed E-state index contributed by atoms with van der Waals surface area (Å²) in [4.78, 5) is 20.4. The van der Waals surface area contributed by atoms with E-state index in [1.807, 2.05) is 0 Å². The lowest BCUT2D eigenvalue weighted by Crippen LogP contribution is -2.06. The number of aliphatic carboxylic acids is 2. The van der Waals surface area contributed by atoms with Crippen LogP contribution < -0.4 is 0 Å². The molecule has 0 aliphatic rings. The maximum Gasteiger partial charge on any atom is 0.333 e. The van der Waals surface area contributed by atoms with Crippen molar-refractivity contribution in [3.63, 3.8) is 0 Å². The van der Waals surface area contributed by atoms with Crippen LogP contribution in [0.4, 0.5) is 0 Å². The molecule has 0 aromatic heterocycles. The minimum atomic E-state index is -1.25. The molecule has 0 heterocycles. The van der Waals surface area contributed by atoms with Gasteiger partial charge in [-0.2, -0.15) is 0 Å². The molecule has 6 heteroatoms. The third-order valence-electron chi connectivity index (χ3n) is 0.814. The Labute approximate surface area is 79.2 Å². The highest BCUT2D eigenvalue weighted by Crippen LogP contribution is 2.21. The van der Waals surface area contributed by atoms with Crippen LogP contribution in [0.15, 0.2) is 8.96 Å². The van der Waals surface area contributed by atoms with E-state index in [9.17, 15) is 9.59 Å². The molecule has 0 aromatic rings. The molecular formula is C5H4Br2O4. The Morgan fingerprint density at radius 2 is 1.64 bits per heavy atom. The molecule has 0 saturated heterocycles. The summed E-state index contributed by atoms with van der Waals surface area (Å²) < 4.78 is 0.153. The van der Waals surface area contributed by atoms with E-state index in [0.717, 1.165) is 0 Å². The van der Waals surface area contributed by atoms with Crippen LogP contribution in [0.5, 0.6) is 0 Å². The van der Waals surface area contributed by atoms with Gasteiger partial charge in [-0.05, 0) is 31.9 Å². The molecule has 2 N–H and O–H groups in total. The summed E-state index contributed by atoms with van der Waals surface area (Å²) in [6, 6.07) is 0. The van der Waals surface area contributed by atoms with Gasteiger partial charge in [0.1, 0.15) is 0 Å². The van der Waals surface area contributed by atoms with Crippen molar-refractivity contribution in [2.24, 2.45) is 0 Å². The Morgan fingerprint density at radius 3 is 1.73 bits per heavy atom. The molecule has 62 valence electrons. The molecule has 0 amide bonds. The topological polar surface area (TPSA) is 74.6 Å². The first-order valence-electron chi connectivity index (χ1n) is 2.44. The van der Waals surface area contributed by atoms with Gasteiger partial charge in [0, 0.05) is 0 Å². The van der Waals surface area contributed by atoms with Crippen LogP contribution in [-0.4, -0.2) is 22.2 Å². The summed E-state index contributed by atoms with van der Waals surface area (Å²) in [5, 5.41) is 16.7. The highest BCUT2D eigenvalue weighted by molar-refractivity contribution is 9.28. The fourth-order valence-corrected chi connectivity index (χ4v) is 0.994. The van der Waals surface area contributed by atoms with Crippen molar-refractivity contribution < 1.29 is 19.8 Å². The lowest BCUT2D eigenvalue weighted by atomic mass is 10.2. The largest absolute Gasteiger partial charge is 0.481 e. The minimum Gasteiger partial charge on any atom is -0.481 e. The zero-order chi connectivity index (χ0) is 9.02. The zero-order valence-corrected chi connectivity index (χ0v) is 8.35. The smallest absolute Gasteiger partial charge is 0.333 e. The number of hydrogen-bond acceptors (Lipinski definition) is 2. The Bertz CT molecular complexity index is 217. The zero-order valence-electron chi connectivity index (χ0n) is 5.17. The van der Waals surface area contributed by atoms with Gasteiger partial charge in [0.25, 0.3) is 0 Å². The summed E-state index contributed by atoms with van der Waals surface area (Å²) in [7, 11) is 0. The average Bonchev–Trinajstić information content (AvgIpc) is 1.81. The molecule has 0 aromatic carbocycles. The molecule has 0 fully saturated rings. The highest BCUT2D eigenvalue weighted by atomic mass is 79.9. The Balaban J connectivity index is 4.52. The van der Waals surface area contributed by atoms with Crippen molar-refractivity contribution in [1.29, 1.82) is 0 Å². The van der Waals surface area contributed by atoms with Gasteiger partial charge < -0.3 is 10.2 Å². The van der Waals surface area contributed by atoms with Crippen LogP contribution in [0.2, 0.25) is 0 Å². The van der Waals surface area contributed by atoms with Crippen molar-refractivity contribution in [2.45, 2.75) is 6.42 Å². The van der Waals surface area contributed by atoms with Gasteiger partial charge in [0.05, 0.1) is 15.4 Å². The van der Waals surface area contributed by atoms with Crippen LogP contribution in [0.3, 0.4) is 0 Å². The first-order valence-corrected chi connectivity index (χ1v) is 4.03. The van der Waals surface area contributed by atoms with E-state index in [2.05, 4.69) is 31.9 Å². The van der Waals surface area contributed by atoms with Crippen LogP contribution >= 0.6 is 31.9 Å². The van der Waals surface area contributed by atoms with Crippen LogP contribution in [-0.2, 0) is 9.59 Å². The quantitative estimate of drug-likeness (QED) is 0.772. The summed E-state index contributed by atoms with van der Waals surface area (Å²) in [5.74, 6) is -2.44. The maximum absolute atomic E-state index is 10.3. The van der Waals surface area contributed by atoms with Crippen LogP contribution in [0.25, 0.3) is 0 Å². The molecule has 0 aliphatic heterocycles. The van der Waals surface area contributed by atoms with Gasteiger partial charge in [0.2, 0.25) is 0 Å². The Morgan fingerprint density at radius 1 is 1.18 bits per heavy atom. The van der Waals surface area contributed by atoms with Crippen molar-refractivity contribution in [3.8, 4) is 0 Å². The number of carboxylic acid groups (broad SMARTS) is 2. The lowest BCUT2D eigenvalue weighted by Gasteiger charge is -1.96. The average molecular weight is 288 g/mol. The van der Waals surface area contributed by atoms with Gasteiger partial charge in [-0.25, -0.2) is 4.79 Å². The SMILES string of the molecule is O=C(O)CC(C(=O)O)=C(Br)Br. The van der Waals surface area contributed by atoms with Crippen LogP contribution in [0.1, 0.15) is 6.42 Å². The van der Waals surface area contributed by atoms with E-state index in [-0.39, 0.29) is 8.96 Å². The number of hydrogen-bond donors (Lipinski definition) is 2. The predicted octanol–water partition coefficient (Wildman–Crippen LogP) is 1.55. The molecule has 0 radical (unpaired) electrons. The Hall–Kier alpha value is -0.360. The van der Waals surface area contributed by atoms with Crippen molar-refractivity contribution in [1.82, 2.24) is 0 Å². The van der Waals surface area contributed by atoms with Gasteiger partial charge in [0.15, 0.2) is 0 Å². The van der Waals surface area contributed by atoms with Gasteiger partial charge in [-0.1, -0.05) is 0 Å². The lowest BCUT2D eigenvalue weighted by molar-refractivity contribution is -0.139. The fourth-order valence-electron chi connectivity index (χ4n) is 0.374. The van der Waals surface area contributed by atoms with Crippen molar-refractivity contribution in [2.75, 3.05) is 0 Å². The van der Waals surface area contributed by atoms with E-state index in [1.165, 1.54) is 0 Å². The molecule has 0 rings (SSSR count). The van der Waals surface area contributed by atoms with Crippen LogP contribution in [0, 0.1) is 0 Å². The maximum atomic E-state index is 10.3. The van der Waals surface area contributed by atoms with Gasteiger partial charge in [-0.15, -0.1) is 0 Å². The van der Waals surface area contributed by atoms with Crippen molar-refractivity contribution >= 4 is 43.8 Å². The van der Waals surface area contributed by atoms with Gasteiger partial charge >= 0.3 is 11.9 Å². The predicted molar refractivity (Wildman–Crippen MR) is 44.8 cm³/mol. The van der Waals surface area contributed by atoms with E-state index in [0.29, 0.717) is 0 Å². The number of carboxylic acids is 2. The summed E-state index contributed by atoms with van der Waals surface area (Å²) in [6.45, 7) is 0. The molecular weight excluding hydrogens is 284 g/mol. The standard InChI is InChI=1S/C5H4Br2O4/c6-4(7)2(5(10)11)1-3(8)9/h1H2,(H,8,9)(H,10,11). The molecule has 0 aliphatic carbocycles. The number of carbonyl (C=O) groups is 2. The van der Waals surface area contributed by atoms with Gasteiger partial charge in [-0.3, -0.25) is 4.79 Å². The second-order valence-electron chi connectivity index (χ2n) is 1.61. The third kappa shape index (κ3) is 4.15. The monoisotopic (exact) mass is 286 g/mol. The Kier molecular flexibility index (Phi) is 4.36. The molecule has 4 nitrogen and oxygen atoms in total. The summed E-state index contributed by atoms with van der Waals surface area (Å²) in [6.07, 6.45) is -0.513. The van der Waals surface area contributed by atoms with E-state index >= 15 is 0 Å². The normalized spacial score (nSPS) is 8.91. The first-order chi connectivity index (χ1) is 4.95. The first kappa shape index (κ1) is 10.6. The highest BCUT2D eigenvalue weighted by Gasteiger charge is 2.14. The molecule has 0 spiro atoms. The molecule has 0 atom stereocenters. The molecule has 11 heavy (non-hydrogen) atoms. The molecule has 0 saturated carbocycles. The van der Waals surface area contributed by atoms with E-state index < -0.39 is 18.4 Å². The second kappa shape index (κ2) is 4.50. The number of rotatable bonds is 3. The molecule has 0 bridgehead atoms. The summed E-state index contributed by atoms with van der Waals surface area (Å²) >= 11 is 5.64. The minimum absolute atomic E-state index is 0.153. The van der Waals surface area contributed by atoms with E-state index in [1.54, 1.807) is 0 Å².